The van der Waals surface area contributed by atoms with Gasteiger partial charge in [-0.3, -0.25) is 9.59 Å². The molecule has 0 bridgehead atoms. The van der Waals surface area contributed by atoms with E-state index in [0.717, 1.165) is 37.5 Å². The number of carbonyl (C=O) groups excluding carboxylic acids is 2. The quantitative estimate of drug-likeness (QED) is 0.724. The van der Waals surface area contributed by atoms with Crippen molar-refractivity contribution in [2.45, 2.75) is 58.7 Å². The maximum absolute atomic E-state index is 12.8. The number of rotatable bonds is 6. The molecular weight excluding hydrogens is 413 g/mol. The van der Waals surface area contributed by atoms with Crippen LogP contribution in [0.25, 0.3) is 0 Å². The zero-order chi connectivity index (χ0) is 21.0. The minimum absolute atomic E-state index is 0.111. The summed E-state index contributed by atoms with van der Waals surface area (Å²) in [7, 11) is 0. The van der Waals surface area contributed by atoms with Crippen molar-refractivity contribution in [1.82, 2.24) is 25.4 Å². The molecule has 0 fully saturated rings. The first kappa shape index (κ1) is 21.6. The fourth-order valence-electron chi connectivity index (χ4n) is 3.38. The maximum atomic E-state index is 12.8. The number of halogens is 2. The van der Waals surface area contributed by atoms with Crippen LogP contribution in [0.2, 0.25) is 10.0 Å². The number of hydrogen-bond acceptors (Lipinski definition) is 4. The van der Waals surface area contributed by atoms with Crippen molar-refractivity contribution < 1.29 is 9.59 Å². The number of hydrogen-bond donors (Lipinski definition) is 2. The van der Waals surface area contributed by atoms with Gasteiger partial charge in [-0.1, -0.05) is 43.5 Å². The van der Waals surface area contributed by atoms with Crippen LogP contribution in [0.15, 0.2) is 18.2 Å². The Morgan fingerprint density at radius 2 is 1.97 bits per heavy atom. The Labute approximate surface area is 180 Å². The Balaban J connectivity index is 1.65. The number of nitrogens with zero attached hydrogens (tertiary/aromatic N) is 3. The van der Waals surface area contributed by atoms with Gasteiger partial charge < -0.3 is 15.2 Å². The number of carbonyl (C=O) groups is 2. The second-order valence-electron chi connectivity index (χ2n) is 7.53. The van der Waals surface area contributed by atoms with Crippen molar-refractivity contribution in [2.24, 2.45) is 5.92 Å². The van der Waals surface area contributed by atoms with Crippen LogP contribution in [0.3, 0.4) is 0 Å². The number of aromatic nitrogens is 3. The molecule has 2 amide bonds. The molecule has 1 aliphatic rings. The van der Waals surface area contributed by atoms with Crippen LogP contribution in [0.5, 0.6) is 0 Å². The van der Waals surface area contributed by atoms with E-state index >= 15 is 0 Å². The van der Waals surface area contributed by atoms with Gasteiger partial charge in [0.25, 0.3) is 5.91 Å². The summed E-state index contributed by atoms with van der Waals surface area (Å²) in [4.78, 5) is 25.4. The van der Waals surface area contributed by atoms with E-state index in [1.165, 1.54) is 12.5 Å². The van der Waals surface area contributed by atoms with Gasteiger partial charge in [0.05, 0.1) is 17.1 Å². The van der Waals surface area contributed by atoms with Crippen LogP contribution in [-0.4, -0.2) is 32.6 Å². The van der Waals surface area contributed by atoms with Crippen molar-refractivity contribution in [3.8, 4) is 0 Å². The molecule has 156 valence electrons. The Morgan fingerprint density at radius 1 is 1.17 bits per heavy atom. The van der Waals surface area contributed by atoms with Gasteiger partial charge in [-0.05, 0) is 37.0 Å². The minimum atomic E-state index is -0.708. The number of benzene rings is 1. The first-order valence-corrected chi connectivity index (χ1v) is 10.6. The molecule has 0 aliphatic carbocycles. The molecule has 1 aliphatic heterocycles. The highest BCUT2D eigenvalue weighted by molar-refractivity contribution is 6.36. The third-order valence-corrected chi connectivity index (χ3v) is 5.57. The standard InChI is InChI=1S/C20H25Cl2N5O2/c1-12(2)18(24-19(28)14-8-7-13(21)10-15(14)22)20(29)23-11-17-26-25-16-6-4-3-5-9-27(16)17/h7-8,10,12,18H,3-6,9,11H2,1-2H3,(H,23,29)(H,24,28). The molecule has 2 aromatic rings. The lowest BCUT2D eigenvalue weighted by molar-refractivity contribution is -0.124. The van der Waals surface area contributed by atoms with Crippen molar-refractivity contribution in [1.29, 1.82) is 0 Å². The predicted molar refractivity (Wildman–Crippen MR) is 112 cm³/mol. The van der Waals surface area contributed by atoms with E-state index in [1.807, 2.05) is 13.8 Å². The average Bonchev–Trinajstić information content (AvgIpc) is 2.90. The van der Waals surface area contributed by atoms with Gasteiger partial charge in [-0.25, -0.2) is 0 Å². The van der Waals surface area contributed by atoms with Crippen molar-refractivity contribution in [3.05, 3.63) is 45.5 Å². The van der Waals surface area contributed by atoms with E-state index in [9.17, 15) is 9.59 Å². The number of amides is 2. The van der Waals surface area contributed by atoms with Gasteiger partial charge in [0.2, 0.25) is 5.91 Å². The molecule has 0 saturated heterocycles. The lowest BCUT2D eigenvalue weighted by Gasteiger charge is -2.22. The molecular formula is C20H25Cl2N5O2. The highest BCUT2D eigenvalue weighted by Crippen LogP contribution is 2.21. The molecule has 0 radical (unpaired) electrons. The summed E-state index contributed by atoms with van der Waals surface area (Å²) in [6.07, 6.45) is 4.27. The molecule has 1 aromatic carbocycles. The van der Waals surface area contributed by atoms with Crippen molar-refractivity contribution >= 4 is 35.0 Å². The Morgan fingerprint density at radius 3 is 2.69 bits per heavy atom. The van der Waals surface area contributed by atoms with Gasteiger partial charge in [0.15, 0.2) is 5.82 Å². The van der Waals surface area contributed by atoms with E-state index in [0.29, 0.717) is 5.02 Å². The van der Waals surface area contributed by atoms with Crippen LogP contribution >= 0.6 is 23.2 Å². The smallest absolute Gasteiger partial charge is 0.253 e. The second kappa shape index (κ2) is 9.59. The Hall–Kier alpha value is -2.12. The minimum Gasteiger partial charge on any atom is -0.347 e. The summed E-state index contributed by atoms with van der Waals surface area (Å²) >= 11 is 12.0. The monoisotopic (exact) mass is 437 g/mol. The molecule has 29 heavy (non-hydrogen) atoms. The second-order valence-corrected chi connectivity index (χ2v) is 8.38. The molecule has 1 unspecified atom stereocenters. The summed E-state index contributed by atoms with van der Waals surface area (Å²) < 4.78 is 2.09. The molecule has 3 rings (SSSR count). The van der Waals surface area contributed by atoms with Gasteiger partial charge >= 0.3 is 0 Å². The van der Waals surface area contributed by atoms with Gasteiger partial charge in [0, 0.05) is 18.0 Å². The highest BCUT2D eigenvalue weighted by Gasteiger charge is 2.26. The molecule has 0 spiro atoms. The zero-order valence-electron chi connectivity index (χ0n) is 16.5. The van der Waals surface area contributed by atoms with E-state index in [2.05, 4.69) is 25.4 Å². The highest BCUT2D eigenvalue weighted by atomic mass is 35.5. The lowest BCUT2D eigenvalue weighted by atomic mass is 10.0. The molecule has 2 N–H and O–H groups in total. The normalized spacial score (nSPS) is 14.8. The summed E-state index contributed by atoms with van der Waals surface area (Å²) in [5.74, 6) is 0.907. The number of aryl methyl sites for hydroxylation is 1. The number of fused-ring (bicyclic) bond motifs is 1. The summed E-state index contributed by atoms with van der Waals surface area (Å²) in [5, 5.41) is 14.8. The Bertz CT molecular complexity index is 897. The summed E-state index contributed by atoms with van der Waals surface area (Å²) in [6, 6.07) is 3.92. The SMILES string of the molecule is CC(C)C(NC(=O)c1ccc(Cl)cc1Cl)C(=O)NCc1nnc2n1CCCCC2. The fourth-order valence-corrected chi connectivity index (χ4v) is 3.87. The maximum Gasteiger partial charge on any atom is 0.253 e. The summed E-state index contributed by atoms with van der Waals surface area (Å²) in [5.41, 5.74) is 0.275. The van der Waals surface area contributed by atoms with E-state index in [1.54, 1.807) is 12.1 Å². The van der Waals surface area contributed by atoms with Crippen LogP contribution in [0.1, 0.15) is 55.1 Å². The fraction of sp³-hybridized carbons (Fsp3) is 0.500. The van der Waals surface area contributed by atoms with E-state index in [-0.39, 0.29) is 29.0 Å². The Kier molecular flexibility index (Phi) is 7.14. The number of nitrogens with one attached hydrogen (secondary N) is 2. The van der Waals surface area contributed by atoms with Gasteiger partial charge in [-0.2, -0.15) is 0 Å². The first-order valence-electron chi connectivity index (χ1n) is 9.81. The molecule has 2 heterocycles. The molecule has 0 saturated carbocycles. The first-order chi connectivity index (χ1) is 13.9. The van der Waals surface area contributed by atoms with Crippen LogP contribution in [0, 0.1) is 5.92 Å². The predicted octanol–water partition coefficient (Wildman–Crippen LogP) is 3.38. The lowest BCUT2D eigenvalue weighted by Crippen LogP contribution is -2.49. The largest absolute Gasteiger partial charge is 0.347 e. The third kappa shape index (κ3) is 5.28. The van der Waals surface area contributed by atoms with E-state index < -0.39 is 11.9 Å². The van der Waals surface area contributed by atoms with Gasteiger partial charge in [0.1, 0.15) is 11.9 Å². The topological polar surface area (TPSA) is 88.9 Å². The molecule has 7 nitrogen and oxygen atoms in total. The van der Waals surface area contributed by atoms with Gasteiger partial charge in [-0.15, -0.1) is 10.2 Å². The van der Waals surface area contributed by atoms with E-state index in [4.69, 9.17) is 23.2 Å². The molecule has 1 aromatic heterocycles. The average molecular weight is 438 g/mol. The third-order valence-electron chi connectivity index (χ3n) is 5.02. The molecule has 1 atom stereocenters. The van der Waals surface area contributed by atoms with Crippen LogP contribution in [0.4, 0.5) is 0 Å². The van der Waals surface area contributed by atoms with Crippen LogP contribution in [-0.2, 0) is 24.3 Å². The molecule has 9 heteroatoms. The summed E-state index contributed by atoms with van der Waals surface area (Å²) in [6.45, 7) is 4.88. The van der Waals surface area contributed by atoms with Crippen LogP contribution < -0.4 is 10.6 Å². The van der Waals surface area contributed by atoms with Crippen molar-refractivity contribution in [3.63, 3.8) is 0 Å². The van der Waals surface area contributed by atoms with Crippen molar-refractivity contribution in [2.75, 3.05) is 0 Å². The zero-order valence-corrected chi connectivity index (χ0v) is 18.1.